The van der Waals surface area contributed by atoms with E-state index in [2.05, 4.69) is 15.4 Å². The van der Waals surface area contributed by atoms with Gasteiger partial charge in [-0.25, -0.2) is 0 Å². The molecule has 76 valence electrons. The zero-order valence-corrected chi connectivity index (χ0v) is 7.87. The van der Waals surface area contributed by atoms with Gasteiger partial charge in [-0.15, -0.1) is 5.10 Å². The van der Waals surface area contributed by atoms with Crippen molar-refractivity contribution >= 4 is 11.6 Å². The summed E-state index contributed by atoms with van der Waals surface area (Å²) in [5.74, 6) is -0.468. The molecule has 0 aliphatic carbocycles. The van der Waals surface area contributed by atoms with Crippen molar-refractivity contribution in [2.24, 2.45) is 15.4 Å². The number of carbonyl (C=O) groups is 1. The van der Waals surface area contributed by atoms with E-state index < -0.39 is 12.0 Å². The van der Waals surface area contributed by atoms with Crippen LogP contribution in [-0.2, 0) is 4.79 Å². The van der Waals surface area contributed by atoms with Crippen LogP contribution in [0.3, 0.4) is 0 Å². The molecule has 1 atom stereocenters. The summed E-state index contributed by atoms with van der Waals surface area (Å²) in [4.78, 5) is 11.0. The summed E-state index contributed by atoms with van der Waals surface area (Å²) >= 11 is 0. The molecule has 0 radical (unpaired) electrons. The molecule has 5 nitrogen and oxygen atoms in total. The zero-order valence-electron chi connectivity index (χ0n) is 7.87. The van der Waals surface area contributed by atoms with Crippen LogP contribution >= 0.6 is 0 Å². The lowest BCUT2D eigenvalue weighted by Crippen LogP contribution is -2.12. The molecule has 15 heavy (non-hydrogen) atoms. The Labute approximate surface area is 86.2 Å². The number of hydrogen-bond acceptors (Lipinski definition) is 4. The second-order valence-corrected chi connectivity index (χ2v) is 3.17. The summed E-state index contributed by atoms with van der Waals surface area (Å²) in [6.07, 6.45) is -0.590. The van der Waals surface area contributed by atoms with Gasteiger partial charge in [-0.1, -0.05) is 35.4 Å². The van der Waals surface area contributed by atoms with Gasteiger partial charge in [-0.2, -0.15) is 0 Å². The van der Waals surface area contributed by atoms with E-state index in [0.717, 1.165) is 5.56 Å². The Bertz CT molecular complexity index is 426. The van der Waals surface area contributed by atoms with Crippen molar-refractivity contribution in [3.63, 3.8) is 0 Å². The molecule has 1 N–H and O–H groups in total. The predicted octanol–water partition coefficient (Wildman–Crippen LogP) is 1.46. The number of benzene rings is 1. The molecule has 0 saturated heterocycles. The van der Waals surface area contributed by atoms with E-state index in [1.807, 2.05) is 18.2 Å². The molecule has 1 unspecified atom stereocenters. The summed E-state index contributed by atoms with van der Waals surface area (Å²) in [6, 6.07) is 9.09. The second-order valence-electron chi connectivity index (χ2n) is 3.17. The summed E-state index contributed by atoms with van der Waals surface area (Å²) in [5, 5.41) is 19.8. The van der Waals surface area contributed by atoms with Gasteiger partial charge in [0.25, 0.3) is 0 Å². The maximum atomic E-state index is 11.0. The summed E-state index contributed by atoms with van der Waals surface area (Å²) in [6.45, 7) is 0. The van der Waals surface area contributed by atoms with Crippen molar-refractivity contribution in [2.45, 2.75) is 12.5 Å². The summed E-state index contributed by atoms with van der Waals surface area (Å²) in [5.41, 5.74) is 0.950. The minimum atomic E-state index is -0.739. The Balaban J connectivity index is 2.05. The molecule has 0 saturated carbocycles. The molecule has 1 aromatic rings. The number of carbonyl (C=O) groups excluding carboxylic acids is 1. The van der Waals surface area contributed by atoms with E-state index in [0.29, 0.717) is 0 Å². The SMILES string of the molecule is O=C1N=NN=C1CC(O)c1ccccc1. The monoisotopic (exact) mass is 203 g/mol. The van der Waals surface area contributed by atoms with Crippen LogP contribution in [0.15, 0.2) is 45.8 Å². The van der Waals surface area contributed by atoms with E-state index in [-0.39, 0.29) is 12.1 Å². The second kappa shape index (κ2) is 4.10. The average Bonchev–Trinajstić information content (AvgIpc) is 2.66. The van der Waals surface area contributed by atoms with Crippen LogP contribution in [0.2, 0.25) is 0 Å². The Kier molecular flexibility index (Phi) is 2.64. The predicted molar refractivity (Wildman–Crippen MR) is 53.3 cm³/mol. The number of aliphatic hydroxyl groups excluding tert-OH is 1. The van der Waals surface area contributed by atoms with Gasteiger partial charge in [-0.05, 0) is 10.8 Å². The summed E-state index contributed by atoms with van der Waals surface area (Å²) < 4.78 is 0. The first kappa shape index (κ1) is 9.67. The Morgan fingerprint density at radius 1 is 1.27 bits per heavy atom. The van der Waals surface area contributed by atoms with Crippen molar-refractivity contribution in [1.29, 1.82) is 0 Å². The molecule has 0 fully saturated rings. The number of aliphatic hydroxyl groups is 1. The van der Waals surface area contributed by atoms with Gasteiger partial charge in [0.2, 0.25) is 0 Å². The molecule has 1 aliphatic heterocycles. The van der Waals surface area contributed by atoms with Gasteiger partial charge in [0.15, 0.2) is 0 Å². The third kappa shape index (κ3) is 2.13. The van der Waals surface area contributed by atoms with Crippen molar-refractivity contribution in [2.75, 3.05) is 0 Å². The minimum Gasteiger partial charge on any atom is -0.388 e. The van der Waals surface area contributed by atoms with Crippen LogP contribution in [0.1, 0.15) is 18.1 Å². The number of rotatable bonds is 3. The highest BCUT2D eigenvalue weighted by Crippen LogP contribution is 2.18. The van der Waals surface area contributed by atoms with Crippen LogP contribution in [0, 0.1) is 0 Å². The Morgan fingerprint density at radius 3 is 2.60 bits per heavy atom. The molecule has 1 heterocycles. The fourth-order valence-corrected chi connectivity index (χ4v) is 1.32. The molecular weight excluding hydrogens is 194 g/mol. The lowest BCUT2D eigenvalue weighted by molar-refractivity contribution is -0.112. The van der Waals surface area contributed by atoms with Crippen LogP contribution in [0.5, 0.6) is 0 Å². The fourth-order valence-electron chi connectivity index (χ4n) is 1.32. The molecule has 1 aromatic carbocycles. The molecule has 0 aromatic heterocycles. The van der Waals surface area contributed by atoms with Gasteiger partial charge < -0.3 is 5.11 Å². The molecule has 2 rings (SSSR count). The van der Waals surface area contributed by atoms with Gasteiger partial charge in [0, 0.05) is 6.42 Å². The lowest BCUT2D eigenvalue weighted by Gasteiger charge is -2.08. The van der Waals surface area contributed by atoms with E-state index in [1.54, 1.807) is 12.1 Å². The first-order valence-corrected chi connectivity index (χ1v) is 4.52. The molecular formula is C10H9N3O2. The van der Waals surface area contributed by atoms with Crippen LogP contribution in [-0.4, -0.2) is 16.7 Å². The number of nitrogens with zero attached hydrogens (tertiary/aromatic N) is 3. The highest BCUT2D eigenvalue weighted by atomic mass is 16.3. The van der Waals surface area contributed by atoms with Crippen molar-refractivity contribution in [1.82, 2.24) is 0 Å². The van der Waals surface area contributed by atoms with Crippen molar-refractivity contribution in [3.05, 3.63) is 35.9 Å². The van der Waals surface area contributed by atoms with Crippen molar-refractivity contribution in [3.8, 4) is 0 Å². The van der Waals surface area contributed by atoms with Gasteiger partial charge in [0.05, 0.1) is 6.10 Å². The van der Waals surface area contributed by atoms with E-state index >= 15 is 0 Å². The first-order valence-electron chi connectivity index (χ1n) is 4.52. The third-order valence-electron chi connectivity index (χ3n) is 2.12. The van der Waals surface area contributed by atoms with E-state index in [4.69, 9.17) is 0 Å². The minimum absolute atomic E-state index is 0.149. The normalized spacial score (nSPS) is 16.6. The third-order valence-corrected chi connectivity index (χ3v) is 2.12. The average molecular weight is 203 g/mol. The van der Waals surface area contributed by atoms with Crippen LogP contribution in [0.4, 0.5) is 0 Å². The highest BCUT2D eigenvalue weighted by molar-refractivity contribution is 6.40. The largest absolute Gasteiger partial charge is 0.388 e. The van der Waals surface area contributed by atoms with Gasteiger partial charge in [0.1, 0.15) is 5.71 Å². The van der Waals surface area contributed by atoms with Gasteiger partial charge >= 0.3 is 5.91 Å². The fraction of sp³-hybridized carbons (Fsp3) is 0.200. The van der Waals surface area contributed by atoms with E-state index in [1.165, 1.54) is 0 Å². The Morgan fingerprint density at radius 2 is 2.00 bits per heavy atom. The Hall–Kier alpha value is -1.88. The lowest BCUT2D eigenvalue weighted by atomic mass is 10.0. The van der Waals surface area contributed by atoms with Crippen LogP contribution < -0.4 is 0 Å². The quantitative estimate of drug-likeness (QED) is 0.807. The zero-order chi connectivity index (χ0) is 10.7. The smallest absolute Gasteiger partial charge is 0.313 e. The number of amides is 1. The topological polar surface area (TPSA) is 74.4 Å². The summed E-state index contributed by atoms with van der Waals surface area (Å²) in [7, 11) is 0. The first-order chi connectivity index (χ1) is 7.27. The molecule has 1 amide bonds. The maximum Gasteiger partial charge on any atom is 0.313 e. The molecule has 1 aliphatic rings. The van der Waals surface area contributed by atoms with Gasteiger partial charge in [-0.3, -0.25) is 4.79 Å². The van der Waals surface area contributed by atoms with E-state index in [9.17, 15) is 9.90 Å². The standard InChI is InChI=1S/C10H9N3O2/c14-9(7-4-2-1-3-5-7)6-8-10(15)12-13-11-8/h1-5,9,14H,6H2. The van der Waals surface area contributed by atoms with Crippen molar-refractivity contribution < 1.29 is 9.90 Å². The maximum absolute atomic E-state index is 11.0. The molecule has 5 heteroatoms. The molecule has 0 bridgehead atoms. The number of hydrogen-bond donors (Lipinski definition) is 1. The highest BCUT2D eigenvalue weighted by Gasteiger charge is 2.20. The van der Waals surface area contributed by atoms with Crippen LogP contribution in [0.25, 0.3) is 0 Å². The molecule has 0 spiro atoms.